The molecule has 0 aliphatic heterocycles. The number of rotatable bonds is 5. The molecule has 1 nitrogen and oxygen atoms in total. The second kappa shape index (κ2) is 7.73. The lowest BCUT2D eigenvalue weighted by molar-refractivity contribution is 0.462. The Morgan fingerprint density at radius 2 is 1.92 bits per heavy atom. The topological polar surface area (TPSA) is 12.0 Å². The largest absolute Gasteiger partial charge is 0.382 e. The summed E-state index contributed by atoms with van der Waals surface area (Å²) in [6, 6.07) is 5.42. The highest BCUT2D eigenvalue weighted by molar-refractivity contribution is 6.34. The number of anilines is 1. The summed E-state index contributed by atoms with van der Waals surface area (Å²) in [5.74, 6) is 0.714. The Hall–Kier alpha value is -1.28. The average Bonchev–Trinajstić information content (AvgIpc) is 3.00. The van der Waals surface area contributed by atoms with Gasteiger partial charge in [-0.1, -0.05) is 62.6 Å². The first-order valence-electron chi connectivity index (χ1n) is 9.82. The summed E-state index contributed by atoms with van der Waals surface area (Å²) in [5.41, 5.74) is 7.52. The Morgan fingerprint density at radius 3 is 2.62 bits per heavy atom. The molecule has 3 rings (SSSR count). The first-order valence-corrected chi connectivity index (χ1v) is 10.8. The van der Waals surface area contributed by atoms with Gasteiger partial charge in [0.05, 0.1) is 0 Å². The molecule has 1 N–H and O–H groups in total. The quantitative estimate of drug-likeness (QED) is 0.779. The van der Waals surface area contributed by atoms with Crippen molar-refractivity contribution in [2.75, 3.05) is 5.32 Å². The van der Waals surface area contributed by atoms with Crippen LogP contribution in [0.4, 0.5) is 5.69 Å². The number of allylic oxidation sites excluding steroid dienone is 4. The first kappa shape index (κ1) is 17.5. The number of hydrogen-bond donors (Lipinski definition) is 1. The zero-order chi connectivity index (χ0) is 17.1. The Bertz CT molecular complexity index is 648. The fraction of sp³-hybridized carbons (Fsp3) is 0.545. The zero-order valence-corrected chi connectivity index (χ0v) is 17.9. The summed E-state index contributed by atoms with van der Waals surface area (Å²) in [6.45, 7) is 6.97. The van der Waals surface area contributed by atoms with Crippen molar-refractivity contribution in [3.05, 3.63) is 41.0 Å². The van der Waals surface area contributed by atoms with E-state index >= 15 is 0 Å². The van der Waals surface area contributed by atoms with Crippen LogP contribution in [-0.4, -0.2) is 16.3 Å². The van der Waals surface area contributed by atoms with E-state index in [0.717, 1.165) is 16.7 Å². The van der Waals surface area contributed by atoms with E-state index in [1.165, 1.54) is 60.5 Å². The van der Waals surface area contributed by atoms with Gasteiger partial charge in [-0.25, -0.2) is 0 Å². The van der Waals surface area contributed by atoms with Crippen molar-refractivity contribution in [1.82, 2.24) is 0 Å². The maximum atomic E-state index is 3.97. The van der Waals surface area contributed by atoms with E-state index in [9.17, 15) is 0 Å². The predicted octanol–water partition coefficient (Wildman–Crippen LogP) is 4.49. The van der Waals surface area contributed by atoms with Gasteiger partial charge in [0.15, 0.2) is 0 Å². The lowest BCUT2D eigenvalue weighted by Crippen LogP contribution is -2.25. The second-order valence-corrected chi connectivity index (χ2v) is 9.19. The summed E-state index contributed by atoms with van der Waals surface area (Å²) in [7, 11) is 1.13. The highest BCUT2D eigenvalue weighted by Crippen LogP contribution is 2.37. The Kier molecular flexibility index (Phi) is 5.65. The summed E-state index contributed by atoms with van der Waals surface area (Å²) >= 11 is 0. The van der Waals surface area contributed by atoms with Gasteiger partial charge in [0.2, 0.25) is 0 Å². The highest BCUT2D eigenvalue weighted by atomic mass is 28.1. The fourth-order valence-electron chi connectivity index (χ4n) is 4.17. The van der Waals surface area contributed by atoms with E-state index in [4.69, 9.17) is 0 Å². The number of benzene rings is 1. The number of nitrogens with one attached hydrogen (secondary N) is 1. The molecule has 2 aliphatic carbocycles. The van der Waals surface area contributed by atoms with Gasteiger partial charge in [-0.3, -0.25) is 0 Å². The van der Waals surface area contributed by atoms with Gasteiger partial charge < -0.3 is 5.32 Å². The van der Waals surface area contributed by atoms with E-state index < -0.39 is 0 Å². The third-order valence-corrected chi connectivity index (χ3v) is 6.75. The molecule has 0 aromatic heterocycles. The van der Waals surface area contributed by atoms with Gasteiger partial charge in [0.1, 0.15) is 0 Å². The lowest BCUT2D eigenvalue weighted by atomic mass is 9.91. The maximum Gasteiger partial charge on any atom is 0.0447 e. The summed E-state index contributed by atoms with van der Waals surface area (Å²) in [4.78, 5) is 0. The van der Waals surface area contributed by atoms with Crippen LogP contribution in [0.3, 0.4) is 0 Å². The van der Waals surface area contributed by atoms with Crippen molar-refractivity contribution in [1.29, 1.82) is 0 Å². The SMILES string of the molecule is Cc1c([SiH3])ccc(C2=C(CC(C)C)C=CC2)c1NC1CCCCC1. The molecular weight excluding hydrogens is 306 g/mol. The minimum Gasteiger partial charge on any atom is -0.382 e. The monoisotopic (exact) mass is 339 g/mol. The van der Waals surface area contributed by atoms with Crippen LogP contribution >= 0.6 is 0 Å². The van der Waals surface area contributed by atoms with Crippen LogP contribution in [0.1, 0.15) is 69.9 Å². The Balaban J connectivity index is 1.96. The van der Waals surface area contributed by atoms with Crippen LogP contribution in [0, 0.1) is 12.8 Å². The van der Waals surface area contributed by atoms with Crippen LogP contribution in [0.15, 0.2) is 29.9 Å². The highest BCUT2D eigenvalue weighted by Gasteiger charge is 2.20. The molecule has 0 radical (unpaired) electrons. The van der Waals surface area contributed by atoms with Crippen molar-refractivity contribution < 1.29 is 0 Å². The maximum absolute atomic E-state index is 3.97. The van der Waals surface area contributed by atoms with Crippen LogP contribution in [0.2, 0.25) is 0 Å². The van der Waals surface area contributed by atoms with E-state index in [1.807, 2.05) is 0 Å². The molecule has 2 heteroatoms. The van der Waals surface area contributed by atoms with Crippen LogP contribution in [-0.2, 0) is 0 Å². The molecule has 0 bridgehead atoms. The molecular formula is C22H33NSi. The standard InChI is InChI=1S/C22H33NSi/c1-15(2)14-17-8-7-11-19(17)20-12-13-21(24)16(3)22(20)23-18-9-5-4-6-10-18/h7-8,12-13,15,18,23H,4-6,9-11,14H2,1-3,24H3. The molecule has 0 unspecified atom stereocenters. The zero-order valence-electron chi connectivity index (χ0n) is 15.9. The van der Waals surface area contributed by atoms with E-state index in [0.29, 0.717) is 12.0 Å². The third kappa shape index (κ3) is 3.85. The van der Waals surface area contributed by atoms with Gasteiger partial charge in [0, 0.05) is 27.5 Å². The van der Waals surface area contributed by atoms with Crippen LogP contribution < -0.4 is 10.5 Å². The van der Waals surface area contributed by atoms with Crippen molar-refractivity contribution >= 4 is 26.7 Å². The molecule has 0 saturated heterocycles. The van der Waals surface area contributed by atoms with Crippen molar-refractivity contribution in [3.63, 3.8) is 0 Å². The van der Waals surface area contributed by atoms with E-state index in [2.05, 4.69) is 50.4 Å². The molecule has 0 heterocycles. The second-order valence-electron chi connectivity index (χ2n) is 8.12. The van der Waals surface area contributed by atoms with Crippen molar-refractivity contribution in [2.24, 2.45) is 5.92 Å². The Labute approximate surface area is 151 Å². The Morgan fingerprint density at radius 1 is 1.17 bits per heavy atom. The van der Waals surface area contributed by atoms with Gasteiger partial charge >= 0.3 is 0 Å². The molecule has 1 aromatic rings. The fourth-order valence-corrected chi connectivity index (χ4v) is 4.59. The molecule has 1 fully saturated rings. The molecule has 1 aromatic carbocycles. The third-order valence-electron chi connectivity index (χ3n) is 5.67. The summed E-state index contributed by atoms with van der Waals surface area (Å²) < 4.78 is 0. The summed E-state index contributed by atoms with van der Waals surface area (Å²) in [6.07, 6.45) is 13.9. The molecule has 1 saturated carbocycles. The predicted molar refractivity (Wildman–Crippen MR) is 111 cm³/mol. The van der Waals surface area contributed by atoms with Gasteiger partial charge in [-0.05, 0) is 55.2 Å². The molecule has 130 valence electrons. The van der Waals surface area contributed by atoms with E-state index in [1.54, 1.807) is 11.1 Å². The minimum atomic E-state index is 0.670. The molecule has 0 spiro atoms. The minimum absolute atomic E-state index is 0.670. The summed E-state index contributed by atoms with van der Waals surface area (Å²) in [5, 5.41) is 5.51. The van der Waals surface area contributed by atoms with Crippen molar-refractivity contribution in [3.8, 4) is 0 Å². The molecule has 2 aliphatic rings. The number of hydrogen-bond acceptors (Lipinski definition) is 1. The van der Waals surface area contributed by atoms with Gasteiger partial charge in [0.25, 0.3) is 0 Å². The smallest absolute Gasteiger partial charge is 0.0447 e. The van der Waals surface area contributed by atoms with Gasteiger partial charge in [-0.15, -0.1) is 0 Å². The first-order chi connectivity index (χ1) is 11.6. The van der Waals surface area contributed by atoms with Gasteiger partial charge in [-0.2, -0.15) is 0 Å². The van der Waals surface area contributed by atoms with Crippen LogP contribution in [0.25, 0.3) is 5.57 Å². The molecule has 0 atom stereocenters. The molecule has 0 amide bonds. The lowest BCUT2D eigenvalue weighted by Gasteiger charge is -2.27. The average molecular weight is 340 g/mol. The van der Waals surface area contributed by atoms with Crippen LogP contribution in [0.5, 0.6) is 0 Å². The molecule has 24 heavy (non-hydrogen) atoms. The normalized spacial score (nSPS) is 18.8. The van der Waals surface area contributed by atoms with E-state index in [-0.39, 0.29) is 0 Å². The van der Waals surface area contributed by atoms with Crippen molar-refractivity contribution in [2.45, 2.75) is 71.8 Å².